The van der Waals surface area contributed by atoms with Crippen molar-refractivity contribution in [1.82, 2.24) is 9.55 Å². The Balaban J connectivity index is 1.62. The maximum Gasteiger partial charge on any atom is 0.271 e. The van der Waals surface area contributed by atoms with E-state index < -0.39 is 0 Å². The van der Waals surface area contributed by atoms with Gasteiger partial charge in [-0.15, -0.1) is 11.3 Å². The number of aromatic nitrogens is 2. The van der Waals surface area contributed by atoms with Crippen LogP contribution in [0.2, 0.25) is 0 Å². The van der Waals surface area contributed by atoms with Gasteiger partial charge in [0.2, 0.25) is 5.91 Å². The van der Waals surface area contributed by atoms with Crippen molar-refractivity contribution in [2.24, 2.45) is 0 Å². The van der Waals surface area contributed by atoms with Gasteiger partial charge >= 0.3 is 0 Å². The highest BCUT2D eigenvalue weighted by Crippen LogP contribution is 2.30. The van der Waals surface area contributed by atoms with Gasteiger partial charge in [-0.05, 0) is 30.0 Å². The molecule has 0 fully saturated rings. The number of carbonyl (C=O) groups excluding carboxylic acids is 1. The second-order valence-corrected chi connectivity index (χ2v) is 7.76. The molecule has 29 heavy (non-hydrogen) atoms. The van der Waals surface area contributed by atoms with E-state index in [0.29, 0.717) is 10.2 Å². The number of nitrogens with one attached hydrogen (secondary N) is 1. The van der Waals surface area contributed by atoms with Crippen molar-refractivity contribution >= 4 is 33.1 Å². The molecule has 1 N–H and O–H groups in total. The van der Waals surface area contributed by atoms with E-state index in [1.165, 1.54) is 22.2 Å². The Morgan fingerprint density at radius 3 is 2.69 bits per heavy atom. The summed E-state index contributed by atoms with van der Waals surface area (Å²) in [6.07, 6.45) is 2.28. The van der Waals surface area contributed by atoms with E-state index in [0.717, 1.165) is 34.4 Å². The van der Waals surface area contributed by atoms with Gasteiger partial charge in [-0.25, -0.2) is 4.98 Å². The van der Waals surface area contributed by atoms with E-state index in [1.807, 2.05) is 67.8 Å². The number of para-hydroxylation sites is 1. The van der Waals surface area contributed by atoms with Crippen molar-refractivity contribution in [2.75, 3.05) is 5.32 Å². The molecule has 5 nitrogen and oxygen atoms in total. The molecule has 0 bridgehead atoms. The molecule has 0 spiro atoms. The fourth-order valence-corrected chi connectivity index (χ4v) is 4.39. The van der Waals surface area contributed by atoms with Crippen molar-refractivity contribution in [3.63, 3.8) is 0 Å². The SMILES string of the molecule is CCc1cccc(C)c1NC(=O)Cn1cnc2c(-c3ccccc3)csc2c1=O. The summed E-state index contributed by atoms with van der Waals surface area (Å²) in [7, 11) is 0. The monoisotopic (exact) mass is 403 g/mol. The van der Waals surface area contributed by atoms with Gasteiger partial charge in [-0.3, -0.25) is 14.2 Å². The standard InChI is InChI=1S/C23H21N3O2S/c1-3-16-11-7-8-15(2)20(16)25-19(27)12-26-14-24-21-18(13-29-22(21)23(26)28)17-9-5-4-6-10-17/h4-11,13-14H,3,12H2,1-2H3,(H,25,27). The van der Waals surface area contributed by atoms with Gasteiger partial charge in [0.25, 0.3) is 5.56 Å². The number of benzene rings is 2. The van der Waals surface area contributed by atoms with Crippen LogP contribution in [0.3, 0.4) is 0 Å². The number of nitrogens with zero attached hydrogens (tertiary/aromatic N) is 2. The molecule has 0 atom stereocenters. The molecule has 0 unspecified atom stereocenters. The van der Waals surface area contributed by atoms with E-state index in [4.69, 9.17) is 0 Å². The van der Waals surface area contributed by atoms with Crippen LogP contribution < -0.4 is 10.9 Å². The summed E-state index contributed by atoms with van der Waals surface area (Å²) in [6.45, 7) is 3.94. The summed E-state index contributed by atoms with van der Waals surface area (Å²) in [6, 6.07) is 15.8. The zero-order valence-corrected chi connectivity index (χ0v) is 17.1. The number of hydrogen-bond donors (Lipinski definition) is 1. The first-order chi connectivity index (χ1) is 14.1. The Kier molecular flexibility index (Phi) is 5.27. The van der Waals surface area contributed by atoms with Gasteiger partial charge in [0, 0.05) is 16.6 Å². The Labute approximate surface area is 172 Å². The first-order valence-electron chi connectivity index (χ1n) is 9.49. The minimum atomic E-state index is -0.239. The number of rotatable bonds is 5. The third kappa shape index (κ3) is 3.71. The molecule has 0 saturated heterocycles. The number of amides is 1. The molecule has 0 aliphatic heterocycles. The predicted octanol–water partition coefficient (Wildman–Crippen LogP) is 4.63. The average Bonchev–Trinajstić information content (AvgIpc) is 3.17. The number of aryl methyl sites for hydroxylation is 2. The van der Waals surface area contributed by atoms with Crippen LogP contribution in [-0.4, -0.2) is 15.5 Å². The Hall–Kier alpha value is -3.25. The van der Waals surface area contributed by atoms with Crippen LogP contribution in [0.1, 0.15) is 18.1 Å². The zero-order chi connectivity index (χ0) is 20.4. The lowest BCUT2D eigenvalue weighted by Crippen LogP contribution is -2.28. The predicted molar refractivity (Wildman–Crippen MR) is 119 cm³/mol. The van der Waals surface area contributed by atoms with Crippen molar-refractivity contribution < 1.29 is 4.79 Å². The Bertz CT molecular complexity index is 1240. The van der Waals surface area contributed by atoms with Crippen LogP contribution in [0.5, 0.6) is 0 Å². The molecule has 0 radical (unpaired) electrons. The number of thiophene rings is 1. The topological polar surface area (TPSA) is 64.0 Å². The minimum absolute atomic E-state index is 0.0716. The molecule has 4 aromatic rings. The number of fused-ring (bicyclic) bond motifs is 1. The van der Waals surface area contributed by atoms with Crippen LogP contribution >= 0.6 is 11.3 Å². The molecule has 1 amide bonds. The molecule has 0 aliphatic carbocycles. The van der Waals surface area contributed by atoms with E-state index in [9.17, 15) is 9.59 Å². The third-order valence-electron chi connectivity index (χ3n) is 4.95. The number of anilines is 1. The molecule has 2 aromatic heterocycles. The van der Waals surface area contributed by atoms with Crippen molar-refractivity contribution in [2.45, 2.75) is 26.8 Å². The Morgan fingerprint density at radius 1 is 1.14 bits per heavy atom. The molecule has 6 heteroatoms. The second kappa shape index (κ2) is 8.01. The first-order valence-corrected chi connectivity index (χ1v) is 10.4. The Morgan fingerprint density at radius 2 is 1.93 bits per heavy atom. The minimum Gasteiger partial charge on any atom is -0.324 e. The molecular formula is C23H21N3O2S. The molecular weight excluding hydrogens is 382 g/mol. The summed E-state index contributed by atoms with van der Waals surface area (Å²) < 4.78 is 1.93. The normalized spacial score (nSPS) is 11.0. The van der Waals surface area contributed by atoms with Crippen LogP contribution in [0.4, 0.5) is 5.69 Å². The molecule has 4 rings (SSSR count). The smallest absolute Gasteiger partial charge is 0.271 e. The average molecular weight is 404 g/mol. The van der Waals surface area contributed by atoms with Crippen molar-refractivity contribution in [1.29, 1.82) is 0 Å². The highest BCUT2D eigenvalue weighted by molar-refractivity contribution is 7.17. The summed E-state index contributed by atoms with van der Waals surface area (Å²) in [4.78, 5) is 30.0. The summed E-state index contributed by atoms with van der Waals surface area (Å²) in [5, 5.41) is 4.91. The zero-order valence-electron chi connectivity index (χ0n) is 16.3. The van der Waals surface area contributed by atoms with E-state index >= 15 is 0 Å². The first kappa shape index (κ1) is 19.1. The van der Waals surface area contributed by atoms with Gasteiger partial charge in [-0.2, -0.15) is 0 Å². The van der Waals surface area contributed by atoms with E-state index in [1.54, 1.807) is 0 Å². The highest BCUT2D eigenvalue weighted by atomic mass is 32.1. The number of hydrogen-bond acceptors (Lipinski definition) is 4. The number of carbonyl (C=O) groups is 1. The van der Waals surface area contributed by atoms with Crippen molar-refractivity contribution in [3.05, 3.63) is 81.7 Å². The van der Waals surface area contributed by atoms with E-state index in [2.05, 4.69) is 10.3 Å². The molecule has 2 aromatic carbocycles. The molecule has 0 aliphatic rings. The fraction of sp³-hybridized carbons (Fsp3) is 0.174. The fourth-order valence-electron chi connectivity index (χ4n) is 3.41. The summed E-state index contributed by atoms with van der Waals surface area (Å²) >= 11 is 1.36. The van der Waals surface area contributed by atoms with Crippen LogP contribution in [0.15, 0.2) is 65.0 Å². The van der Waals surface area contributed by atoms with Crippen LogP contribution in [0.25, 0.3) is 21.3 Å². The second-order valence-electron chi connectivity index (χ2n) is 6.88. The van der Waals surface area contributed by atoms with Crippen LogP contribution in [-0.2, 0) is 17.8 Å². The van der Waals surface area contributed by atoms with Gasteiger partial charge in [0.05, 0.1) is 11.8 Å². The van der Waals surface area contributed by atoms with E-state index in [-0.39, 0.29) is 18.0 Å². The van der Waals surface area contributed by atoms with Crippen molar-refractivity contribution in [3.8, 4) is 11.1 Å². The lowest BCUT2D eigenvalue weighted by molar-refractivity contribution is -0.116. The third-order valence-corrected chi connectivity index (χ3v) is 5.91. The largest absolute Gasteiger partial charge is 0.324 e. The van der Waals surface area contributed by atoms with Gasteiger partial charge in [0.1, 0.15) is 11.2 Å². The van der Waals surface area contributed by atoms with Gasteiger partial charge in [-0.1, -0.05) is 55.5 Å². The highest BCUT2D eigenvalue weighted by Gasteiger charge is 2.15. The molecule has 2 heterocycles. The van der Waals surface area contributed by atoms with Crippen LogP contribution in [0, 0.1) is 6.92 Å². The lowest BCUT2D eigenvalue weighted by Gasteiger charge is -2.13. The summed E-state index contributed by atoms with van der Waals surface area (Å²) in [5.74, 6) is -0.239. The lowest BCUT2D eigenvalue weighted by atomic mass is 10.1. The van der Waals surface area contributed by atoms with Gasteiger partial charge in [0.15, 0.2) is 0 Å². The maximum absolute atomic E-state index is 12.9. The summed E-state index contributed by atoms with van der Waals surface area (Å²) in [5.41, 5.74) is 5.34. The molecule has 146 valence electrons. The maximum atomic E-state index is 12.9. The quantitative estimate of drug-likeness (QED) is 0.528. The molecule has 0 saturated carbocycles. The van der Waals surface area contributed by atoms with Gasteiger partial charge < -0.3 is 5.32 Å².